The minimum absolute atomic E-state index is 0.000278. The van der Waals surface area contributed by atoms with E-state index in [4.69, 9.17) is 10.5 Å². The van der Waals surface area contributed by atoms with Crippen LogP contribution in [0.1, 0.15) is 18.5 Å². The second-order valence-corrected chi connectivity index (χ2v) is 3.15. The van der Waals surface area contributed by atoms with Gasteiger partial charge in [0, 0.05) is 5.56 Å². The average molecular weight is 235 g/mol. The van der Waals surface area contributed by atoms with Gasteiger partial charge in [-0.1, -0.05) is 12.1 Å². The zero-order chi connectivity index (χ0) is 12.3. The molecule has 0 aliphatic heterocycles. The maximum atomic E-state index is 12.4. The van der Waals surface area contributed by atoms with Gasteiger partial charge in [0.05, 0.1) is 6.61 Å². The van der Waals surface area contributed by atoms with Crippen molar-refractivity contribution in [3.05, 3.63) is 23.8 Å². The number of halogens is 3. The fraction of sp³-hybridized carbons (Fsp3) is 0.400. The summed E-state index contributed by atoms with van der Waals surface area (Å²) in [5.41, 5.74) is 4.61. The molecule has 0 bridgehead atoms. The van der Waals surface area contributed by atoms with Crippen LogP contribution >= 0.6 is 0 Å². The summed E-state index contributed by atoms with van der Waals surface area (Å²) in [6.45, 7) is 1.91. The predicted molar refractivity (Wildman–Crippen MR) is 52.3 cm³/mol. The molecule has 1 aromatic carbocycles. The zero-order valence-corrected chi connectivity index (χ0v) is 8.58. The lowest BCUT2D eigenvalue weighted by molar-refractivity contribution is -0.149. The van der Waals surface area contributed by atoms with E-state index in [-0.39, 0.29) is 12.4 Å². The number of phenols is 1. The molecule has 3 N–H and O–H groups in total. The number of para-hydroxylation sites is 1. The fourth-order valence-electron chi connectivity index (χ4n) is 1.24. The molecule has 0 aliphatic rings. The van der Waals surface area contributed by atoms with Crippen molar-refractivity contribution in [3.63, 3.8) is 0 Å². The van der Waals surface area contributed by atoms with Crippen LogP contribution in [-0.4, -0.2) is 17.9 Å². The zero-order valence-electron chi connectivity index (χ0n) is 8.58. The van der Waals surface area contributed by atoms with Gasteiger partial charge < -0.3 is 15.6 Å². The molecule has 0 saturated heterocycles. The van der Waals surface area contributed by atoms with Gasteiger partial charge >= 0.3 is 6.18 Å². The number of aromatic hydroxyl groups is 1. The van der Waals surface area contributed by atoms with E-state index < -0.39 is 23.5 Å². The lowest BCUT2D eigenvalue weighted by Gasteiger charge is -2.18. The Kier molecular flexibility index (Phi) is 3.64. The standard InChI is InChI=1S/C10H12F3NO2/c1-2-16-7-5-3-4-6(8(7)15)9(14)10(11,12)13/h3-5,9,15H,2,14H2,1H3/t9-/m1/s1. The van der Waals surface area contributed by atoms with E-state index in [1.165, 1.54) is 12.1 Å². The number of ether oxygens (including phenoxy) is 1. The van der Waals surface area contributed by atoms with Gasteiger partial charge in [0.1, 0.15) is 6.04 Å². The molecule has 1 aromatic rings. The summed E-state index contributed by atoms with van der Waals surface area (Å²) in [5, 5.41) is 9.55. The van der Waals surface area contributed by atoms with E-state index in [1.54, 1.807) is 6.92 Å². The number of phenolic OH excluding ortho intramolecular Hbond substituents is 1. The summed E-state index contributed by atoms with van der Waals surface area (Å²) < 4.78 is 42.0. The normalized spacial score (nSPS) is 13.6. The largest absolute Gasteiger partial charge is 0.504 e. The van der Waals surface area contributed by atoms with Crippen molar-refractivity contribution in [3.8, 4) is 11.5 Å². The van der Waals surface area contributed by atoms with Gasteiger partial charge in [0.15, 0.2) is 11.5 Å². The SMILES string of the molecule is CCOc1cccc([C@@H](N)C(F)(F)F)c1O. The molecule has 0 aromatic heterocycles. The van der Waals surface area contributed by atoms with Crippen molar-refractivity contribution in [2.45, 2.75) is 19.1 Å². The van der Waals surface area contributed by atoms with Crippen LogP contribution in [0, 0.1) is 0 Å². The highest BCUT2D eigenvalue weighted by Gasteiger charge is 2.39. The lowest BCUT2D eigenvalue weighted by atomic mass is 10.1. The maximum Gasteiger partial charge on any atom is 0.407 e. The number of hydrogen-bond acceptors (Lipinski definition) is 3. The van der Waals surface area contributed by atoms with Crippen LogP contribution in [0.3, 0.4) is 0 Å². The van der Waals surface area contributed by atoms with Gasteiger partial charge in [-0.3, -0.25) is 0 Å². The highest BCUT2D eigenvalue weighted by Crippen LogP contribution is 2.39. The summed E-state index contributed by atoms with van der Waals surface area (Å²) in [5.74, 6) is -0.561. The molecule has 0 fully saturated rings. The molecule has 0 saturated carbocycles. The predicted octanol–water partition coefficient (Wildman–Crippen LogP) is 2.35. The molecule has 1 atom stereocenters. The number of alkyl halides is 3. The summed E-state index contributed by atoms with van der Waals surface area (Å²) in [6.07, 6.45) is -4.59. The van der Waals surface area contributed by atoms with E-state index >= 15 is 0 Å². The van der Waals surface area contributed by atoms with Gasteiger partial charge in [-0.25, -0.2) is 0 Å². The summed E-state index contributed by atoms with van der Waals surface area (Å²) in [6, 6.07) is 1.64. The third-order valence-electron chi connectivity index (χ3n) is 2.02. The summed E-state index contributed by atoms with van der Waals surface area (Å²) in [4.78, 5) is 0. The first kappa shape index (κ1) is 12.6. The van der Waals surface area contributed by atoms with Crippen LogP contribution in [0.4, 0.5) is 13.2 Å². The number of hydrogen-bond donors (Lipinski definition) is 2. The van der Waals surface area contributed by atoms with Crippen LogP contribution in [0.15, 0.2) is 18.2 Å². The Balaban J connectivity index is 3.10. The molecule has 0 heterocycles. The van der Waals surface area contributed by atoms with Crippen molar-refractivity contribution in [1.29, 1.82) is 0 Å². The van der Waals surface area contributed by atoms with Crippen LogP contribution in [0.25, 0.3) is 0 Å². The second kappa shape index (κ2) is 4.61. The van der Waals surface area contributed by atoms with Gasteiger partial charge in [0.2, 0.25) is 0 Å². The van der Waals surface area contributed by atoms with Gasteiger partial charge in [-0.15, -0.1) is 0 Å². The molecule has 90 valence electrons. The average Bonchev–Trinajstić information content (AvgIpc) is 2.19. The molecule has 0 spiro atoms. The van der Waals surface area contributed by atoms with Gasteiger partial charge in [0.25, 0.3) is 0 Å². The minimum Gasteiger partial charge on any atom is -0.504 e. The van der Waals surface area contributed by atoms with Crippen molar-refractivity contribution < 1.29 is 23.0 Å². The highest BCUT2D eigenvalue weighted by atomic mass is 19.4. The van der Waals surface area contributed by atoms with Crippen molar-refractivity contribution >= 4 is 0 Å². The van der Waals surface area contributed by atoms with Crippen molar-refractivity contribution in [2.75, 3.05) is 6.61 Å². The minimum atomic E-state index is -4.59. The van der Waals surface area contributed by atoms with Crippen LogP contribution in [-0.2, 0) is 0 Å². The Hall–Kier alpha value is -1.43. The first-order valence-electron chi connectivity index (χ1n) is 4.65. The van der Waals surface area contributed by atoms with Crippen LogP contribution in [0.5, 0.6) is 11.5 Å². The Morgan fingerprint density at radius 2 is 2.06 bits per heavy atom. The van der Waals surface area contributed by atoms with E-state index in [0.29, 0.717) is 0 Å². The van der Waals surface area contributed by atoms with Gasteiger partial charge in [-0.2, -0.15) is 13.2 Å². The molecule has 0 unspecified atom stereocenters. The molecule has 0 aliphatic carbocycles. The number of benzene rings is 1. The molecule has 16 heavy (non-hydrogen) atoms. The van der Waals surface area contributed by atoms with Crippen molar-refractivity contribution in [2.24, 2.45) is 5.73 Å². The summed E-state index contributed by atoms with van der Waals surface area (Å²) >= 11 is 0. The molecular weight excluding hydrogens is 223 g/mol. The smallest absolute Gasteiger partial charge is 0.407 e. The third-order valence-corrected chi connectivity index (χ3v) is 2.02. The monoisotopic (exact) mass is 235 g/mol. The van der Waals surface area contributed by atoms with Gasteiger partial charge in [-0.05, 0) is 13.0 Å². The van der Waals surface area contributed by atoms with Crippen LogP contribution < -0.4 is 10.5 Å². The topological polar surface area (TPSA) is 55.5 Å². The number of rotatable bonds is 3. The van der Waals surface area contributed by atoms with E-state index in [9.17, 15) is 18.3 Å². The molecule has 6 heteroatoms. The Morgan fingerprint density at radius 3 is 2.56 bits per heavy atom. The highest BCUT2D eigenvalue weighted by molar-refractivity contribution is 5.47. The maximum absolute atomic E-state index is 12.4. The Labute approximate surface area is 90.6 Å². The van der Waals surface area contributed by atoms with Crippen molar-refractivity contribution in [1.82, 2.24) is 0 Å². The fourth-order valence-corrected chi connectivity index (χ4v) is 1.24. The van der Waals surface area contributed by atoms with E-state index in [2.05, 4.69) is 0 Å². The first-order valence-corrected chi connectivity index (χ1v) is 4.65. The quantitative estimate of drug-likeness (QED) is 0.845. The van der Waals surface area contributed by atoms with E-state index in [1.807, 2.05) is 0 Å². The number of nitrogens with two attached hydrogens (primary N) is 1. The third kappa shape index (κ3) is 2.57. The molecule has 0 amide bonds. The molecular formula is C10H12F3NO2. The molecule has 3 nitrogen and oxygen atoms in total. The molecule has 0 radical (unpaired) electrons. The summed E-state index contributed by atoms with van der Waals surface area (Å²) in [7, 11) is 0. The van der Waals surface area contributed by atoms with Crippen LogP contribution in [0.2, 0.25) is 0 Å². The molecule has 1 rings (SSSR count). The second-order valence-electron chi connectivity index (χ2n) is 3.15. The Morgan fingerprint density at radius 1 is 1.44 bits per heavy atom. The first-order chi connectivity index (χ1) is 7.38. The lowest BCUT2D eigenvalue weighted by Crippen LogP contribution is -2.28. The van der Waals surface area contributed by atoms with E-state index in [0.717, 1.165) is 6.07 Å². The Bertz CT molecular complexity index is 366.